The summed E-state index contributed by atoms with van der Waals surface area (Å²) in [6.07, 6.45) is 0.329. The average molecular weight is 586 g/mol. The Morgan fingerprint density at radius 2 is 1.68 bits per heavy atom. The van der Waals surface area contributed by atoms with Gasteiger partial charge in [-0.1, -0.05) is 54.9 Å². The average Bonchev–Trinajstić information content (AvgIpc) is 2.93. The molecule has 214 valence electrons. The summed E-state index contributed by atoms with van der Waals surface area (Å²) in [5, 5.41) is 3.26. The first-order valence-corrected chi connectivity index (χ1v) is 14.9. The number of hydrogen-bond donors (Lipinski definition) is 1. The molecule has 1 N–H and O–H groups in total. The number of halogens is 1. The molecule has 8 nitrogen and oxygen atoms in total. The zero-order valence-corrected chi connectivity index (χ0v) is 25.0. The van der Waals surface area contributed by atoms with Crippen molar-refractivity contribution in [1.82, 2.24) is 10.2 Å². The summed E-state index contributed by atoms with van der Waals surface area (Å²) in [5.74, 6) is -0.245. The molecule has 40 heavy (non-hydrogen) atoms. The van der Waals surface area contributed by atoms with E-state index in [1.807, 2.05) is 26.8 Å². The van der Waals surface area contributed by atoms with Gasteiger partial charge in [0.05, 0.1) is 17.7 Å². The summed E-state index contributed by atoms with van der Waals surface area (Å²) in [7, 11) is -2.62. The number of hydrogen-bond acceptors (Lipinski definition) is 5. The van der Waals surface area contributed by atoms with Gasteiger partial charge >= 0.3 is 0 Å². The monoisotopic (exact) mass is 585 g/mol. The molecule has 0 bridgehead atoms. The number of benzene rings is 3. The molecule has 3 rings (SSSR count). The number of carbonyl (C=O) groups excluding carboxylic acids is 2. The maximum absolute atomic E-state index is 14.1. The van der Waals surface area contributed by atoms with Crippen molar-refractivity contribution < 1.29 is 22.7 Å². The van der Waals surface area contributed by atoms with Gasteiger partial charge < -0.3 is 15.0 Å². The molecule has 0 radical (unpaired) electrons. The molecule has 0 saturated heterocycles. The minimum Gasteiger partial charge on any atom is -0.497 e. The molecule has 0 aliphatic heterocycles. The Morgan fingerprint density at radius 3 is 2.30 bits per heavy atom. The fourth-order valence-electron chi connectivity index (χ4n) is 4.37. The van der Waals surface area contributed by atoms with Crippen LogP contribution < -0.4 is 14.4 Å². The maximum atomic E-state index is 14.1. The normalized spacial score (nSPS) is 12.1. The lowest BCUT2D eigenvalue weighted by Crippen LogP contribution is -2.53. The van der Waals surface area contributed by atoms with Gasteiger partial charge in [-0.05, 0) is 74.7 Å². The van der Waals surface area contributed by atoms with Gasteiger partial charge in [-0.25, -0.2) is 8.42 Å². The van der Waals surface area contributed by atoms with E-state index in [1.165, 1.54) is 17.0 Å². The Labute approximate surface area is 241 Å². The third-order valence-corrected chi connectivity index (χ3v) is 8.61. The first kappa shape index (κ1) is 31.0. The van der Waals surface area contributed by atoms with Crippen LogP contribution in [-0.2, 0) is 26.2 Å². The second kappa shape index (κ2) is 13.7. The summed E-state index contributed by atoms with van der Waals surface area (Å²) < 4.78 is 34.3. The van der Waals surface area contributed by atoms with E-state index < -0.39 is 28.5 Å². The van der Waals surface area contributed by atoms with Gasteiger partial charge in [0.1, 0.15) is 18.3 Å². The number of sulfonamides is 1. The molecule has 0 unspecified atom stereocenters. The third-order valence-electron chi connectivity index (χ3n) is 6.42. The van der Waals surface area contributed by atoms with Crippen molar-refractivity contribution in [3.05, 3.63) is 88.9 Å². The molecule has 0 heterocycles. The van der Waals surface area contributed by atoms with Gasteiger partial charge in [0.15, 0.2) is 0 Å². The van der Waals surface area contributed by atoms with E-state index in [9.17, 15) is 18.0 Å². The van der Waals surface area contributed by atoms with E-state index in [1.54, 1.807) is 68.6 Å². The molecule has 10 heteroatoms. The molecular formula is C30H36ClN3O5S. The second-order valence-corrected chi connectivity index (χ2v) is 11.9. The van der Waals surface area contributed by atoms with E-state index in [4.69, 9.17) is 16.3 Å². The maximum Gasteiger partial charge on any atom is 0.264 e. The van der Waals surface area contributed by atoms with E-state index in [-0.39, 0.29) is 29.1 Å². The molecule has 0 aromatic heterocycles. The van der Waals surface area contributed by atoms with Gasteiger partial charge in [-0.3, -0.25) is 13.9 Å². The largest absolute Gasteiger partial charge is 0.497 e. The Morgan fingerprint density at radius 1 is 1.00 bits per heavy atom. The fourth-order valence-corrected chi connectivity index (χ4v) is 6.03. The number of ether oxygens (including phenoxy) is 1. The topological polar surface area (TPSA) is 96.0 Å². The quantitative estimate of drug-likeness (QED) is 0.316. The molecule has 2 amide bonds. The van der Waals surface area contributed by atoms with Gasteiger partial charge in [-0.15, -0.1) is 0 Å². The van der Waals surface area contributed by atoms with Crippen LogP contribution in [0, 0.1) is 6.92 Å². The lowest BCUT2D eigenvalue weighted by molar-refractivity contribution is -0.140. The number of rotatable bonds is 12. The Hall–Kier alpha value is -3.56. The Balaban J connectivity index is 2.10. The molecule has 1 atom stereocenters. The predicted molar refractivity (Wildman–Crippen MR) is 158 cm³/mol. The van der Waals surface area contributed by atoms with E-state index in [0.29, 0.717) is 22.8 Å². The Bertz CT molecular complexity index is 1430. The van der Waals surface area contributed by atoms with Gasteiger partial charge in [0.25, 0.3) is 10.0 Å². The minimum atomic E-state index is -4.17. The fraction of sp³-hybridized carbons (Fsp3) is 0.333. The molecule has 3 aromatic carbocycles. The first-order chi connectivity index (χ1) is 19.0. The Kier molecular flexibility index (Phi) is 10.6. The highest BCUT2D eigenvalue weighted by Gasteiger charge is 2.34. The van der Waals surface area contributed by atoms with Gasteiger partial charge in [-0.2, -0.15) is 0 Å². The van der Waals surface area contributed by atoms with Crippen LogP contribution in [0.4, 0.5) is 5.69 Å². The summed E-state index contributed by atoms with van der Waals surface area (Å²) in [5.41, 5.74) is 1.53. The molecular weight excluding hydrogens is 550 g/mol. The van der Waals surface area contributed by atoms with Crippen LogP contribution in [0.5, 0.6) is 5.75 Å². The number of anilines is 1. The lowest BCUT2D eigenvalue weighted by atomic mass is 10.1. The van der Waals surface area contributed by atoms with Crippen LogP contribution in [0.15, 0.2) is 77.7 Å². The molecule has 0 fully saturated rings. The molecule has 0 saturated carbocycles. The minimum absolute atomic E-state index is 0.0334. The molecule has 0 aliphatic carbocycles. The summed E-state index contributed by atoms with van der Waals surface area (Å²) in [4.78, 5) is 28.8. The number of nitrogens with zero attached hydrogens (tertiary/aromatic N) is 2. The van der Waals surface area contributed by atoms with Crippen molar-refractivity contribution in [2.45, 2.75) is 57.6 Å². The van der Waals surface area contributed by atoms with Crippen molar-refractivity contribution >= 4 is 39.1 Å². The highest BCUT2D eigenvalue weighted by Crippen LogP contribution is 2.31. The zero-order chi connectivity index (χ0) is 29.4. The first-order valence-electron chi connectivity index (χ1n) is 13.0. The number of nitrogens with one attached hydrogen (secondary N) is 1. The van der Waals surface area contributed by atoms with Crippen LogP contribution in [0.1, 0.15) is 38.3 Å². The van der Waals surface area contributed by atoms with Crippen LogP contribution in [0.3, 0.4) is 0 Å². The van der Waals surface area contributed by atoms with Crippen molar-refractivity contribution in [1.29, 1.82) is 0 Å². The summed E-state index contributed by atoms with van der Waals surface area (Å²) >= 11 is 6.37. The van der Waals surface area contributed by atoms with Crippen molar-refractivity contribution in [3.8, 4) is 5.75 Å². The lowest BCUT2D eigenvalue weighted by Gasteiger charge is -2.34. The summed E-state index contributed by atoms with van der Waals surface area (Å²) in [6.45, 7) is 6.75. The molecule has 0 aliphatic rings. The van der Waals surface area contributed by atoms with E-state index >= 15 is 0 Å². The van der Waals surface area contributed by atoms with Crippen LogP contribution in [0.2, 0.25) is 5.02 Å². The SMILES string of the molecule is CC[C@@H](C(=O)NC(C)C)N(Cc1cccc(OC)c1)C(=O)CN(c1cccc(Cl)c1C)S(=O)(=O)c1ccccc1. The highest BCUT2D eigenvalue weighted by atomic mass is 35.5. The van der Waals surface area contributed by atoms with Crippen LogP contribution in [-0.4, -0.2) is 50.9 Å². The van der Waals surface area contributed by atoms with Crippen molar-refractivity contribution in [2.75, 3.05) is 18.0 Å². The second-order valence-electron chi connectivity index (χ2n) is 9.67. The molecule has 0 spiro atoms. The molecule has 3 aromatic rings. The van der Waals surface area contributed by atoms with E-state index in [2.05, 4.69) is 5.32 Å². The zero-order valence-electron chi connectivity index (χ0n) is 23.4. The standard InChI is InChI=1S/C30H36ClN3O5S/c1-6-27(30(36)32-21(2)3)33(19-23-12-10-13-24(18-23)39-5)29(35)20-34(28-17-11-16-26(31)22(28)4)40(37,38)25-14-8-7-9-15-25/h7-18,21,27H,6,19-20H2,1-5H3,(H,32,36)/t27-/m0/s1. The highest BCUT2D eigenvalue weighted by molar-refractivity contribution is 7.92. The number of amides is 2. The smallest absolute Gasteiger partial charge is 0.264 e. The van der Waals surface area contributed by atoms with Crippen molar-refractivity contribution in [2.24, 2.45) is 0 Å². The number of methoxy groups -OCH3 is 1. The predicted octanol–water partition coefficient (Wildman–Crippen LogP) is 5.18. The van der Waals surface area contributed by atoms with Crippen molar-refractivity contribution in [3.63, 3.8) is 0 Å². The van der Waals surface area contributed by atoms with Gasteiger partial charge in [0.2, 0.25) is 11.8 Å². The third kappa shape index (κ3) is 7.34. The van der Waals surface area contributed by atoms with Gasteiger partial charge in [0, 0.05) is 17.6 Å². The van der Waals surface area contributed by atoms with Crippen LogP contribution >= 0.6 is 11.6 Å². The van der Waals surface area contributed by atoms with Crippen LogP contribution in [0.25, 0.3) is 0 Å². The number of carbonyl (C=O) groups is 2. The van der Waals surface area contributed by atoms with E-state index in [0.717, 1.165) is 9.87 Å². The summed E-state index contributed by atoms with van der Waals surface area (Å²) in [6, 6.07) is 19.1.